The fraction of sp³-hybridized carbons (Fsp3) is 0.357. The van der Waals surface area contributed by atoms with Crippen molar-refractivity contribution in [3.8, 4) is 0 Å². The third-order valence-electron chi connectivity index (χ3n) is 2.89. The number of nitrogen functional groups attached to an aromatic ring is 1. The summed E-state index contributed by atoms with van der Waals surface area (Å²) in [6.07, 6.45) is 0. The zero-order chi connectivity index (χ0) is 14.0. The van der Waals surface area contributed by atoms with E-state index in [-0.39, 0.29) is 0 Å². The van der Waals surface area contributed by atoms with Crippen LogP contribution in [0, 0.1) is 0 Å². The third-order valence-corrected chi connectivity index (χ3v) is 4.38. The summed E-state index contributed by atoms with van der Waals surface area (Å²) in [6.45, 7) is 4.21. The standard InChI is InChI=1S/C14H18ClN3S/c1-9(2)13-12(16)14(18(3)17-13)19-8-10-4-6-11(15)7-5-10/h4-7,9H,8,16H2,1-3H3. The molecule has 0 bridgehead atoms. The van der Waals surface area contributed by atoms with E-state index >= 15 is 0 Å². The Labute approximate surface area is 123 Å². The molecule has 0 spiro atoms. The van der Waals surface area contributed by atoms with Gasteiger partial charge in [0, 0.05) is 17.8 Å². The molecule has 0 aliphatic rings. The lowest BCUT2D eigenvalue weighted by atomic mass is 10.1. The first-order valence-corrected chi connectivity index (χ1v) is 7.55. The molecule has 2 N–H and O–H groups in total. The Morgan fingerprint density at radius 2 is 1.95 bits per heavy atom. The summed E-state index contributed by atoms with van der Waals surface area (Å²) >= 11 is 7.58. The predicted molar refractivity (Wildman–Crippen MR) is 82.7 cm³/mol. The SMILES string of the molecule is CC(C)c1nn(C)c(SCc2ccc(Cl)cc2)c1N. The quantitative estimate of drug-likeness (QED) is 0.865. The zero-order valence-electron chi connectivity index (χ0n) is 11.4. The fourth-order valence-electron chi connectivity index (χ4n) is 1.87. The van der Waals surface area contributed by atoms with Gasteiger partial charge in [-0.3, -0.25) is 4.68 Å². The van der Waals surface area contributed by atoms with Gasteiger partial charge in [-0.25, -0.2) is 0 Å². The number of rotatable bonds is 4. The molecule has 5 heteroatoms. The van der Waals surface area contributed by atoms with Gasteiger partial charge in [0.05, 0.1) is 11.4 Å². The summed E-state index contributed by atoms with van der Waals surface area (Å²) in [5, 5.41) is 6.27. The molecule has 1 aromatic heterocycles. The summed E-state index contributed by atoms with van der Waals surface area (Å²) in [4.78, 5) is 0. The second-order valence-electron chi connectivity index (χ2n) is 4.80. The van der Waals surface area contributed by atoms with Crippen LogP contribution < -0.4 is 5.73 Å². The van der Waals surface area contributed by atoms with Crippen molar-refractivity contribution in [3.63, 3.8) is 0 Å². The summed E-state index contributed by atoms with van der Waals surface area (Å²) in [5.74, 6) is 1.20. The topological polar surface area (TPSA) is 43.8 Å². The van der Waals surface area contributed by atoms with Gasteiger partial charge in [0.2, 0.25) is 0 Å². The summed E-state index contributed by atoms with van der Waals surface area (Å²) in [7, 11) is 1.94. The fourth-order valence-corrected chi connectivity index (χ4v) is 2.98. The van der Waals surface area contributed by atoms with Crippen molar-refractivity contribution in [2.75, 3.05) is 5.73 Å². The van der Waals surface area contributed by atoms with Gasteiger partial charge in [-0.1, -0.05) is 49.3 Å². The Morgan fingerprint density at radius 3 is 2.47 bits per heavy atom. The van der Waals surface area contributed by atoms with E-state index in [0.29, 0.717) is 5.92 Å². The second-order valence-corrected chi connectivity index (χ2v) is 6.20. The predicted octanol–water partition coefficient (Wildman–Crippen LogP) is 4.07. The molecular weight excluding hydrogens is 278 g/mol. The van der Waals surface area contributed by atoms with Crippen LogP contribution in [0.2, 0.25) is 5.02 Å². The highest BCUT2D eigenvalue weighted by Gasteiger charge is 2.16. The van der Waals surface area contributed by atoms with Crippen molar-refractivity contribution in [3.05, 3.63) is 40.5 Å². The number of thioether (sulfide) groups is 1. The number of aryl methyl sites for hydroxylation is 1. The molecule has 0 radical (unpaired) electrons. The van der Waals surface area contributed by atoms with Crippen molar-refractivity contribution in [2.24, 2.45) is 7.05 Å². The molecule has 19 heavy (non-hydrogen) atoms. The van der Waals surface area contributed by atoms with Gasteiger partial charge in [0.1, 0.15) is 5.03 Å². The van der Waals surface area contributed by atoms with Crippen molar-refractivity contribution >= 4 is 29.1 Å². The van der Waals surface area contributed by atoms with E-state index in [4.69, 9.17) is 17.3 Å². The van der Waals surface area contributed by atoms with E-state index in [0.717, 1.165) is 27.2 Å². The molecule has 3 nitrogen and oxygen atoms in total. The number of hydrogen-bond donors (Lipinski definition) is 1. The molecule has 0 fully saturated rings. The summed E-state index contributed by atoms with van der Waals surface area (Å²) in [5.41, 5.74) is 9.17. The van der Waals surface area contributed by atoms with Crippen molar-refractivity contribution in [1.29, 1.82) is 0 Å². The van der Waals surface area contributed by atoms with Crippen molar-refractivity contribution < 1.29 is 0 Å². The average molecular weight is 296 g/mol. The van der Waals surface area contributed by atoms with E-state index in [1.165, 1.54) is 5.56 Å². The summed E-state index contributed by atoms with van der Waals surface area (Å²) < 4.78 is 1.87. The van der Waals surface area contributed by atoms with E-state index < -0.39 is 0 Å². The van der Waals surface area contributed by atoms with Crippen molar-refractivity contribution in [2.45, 2.75) is 30.5 Å². The van der Waals surface area contributed by atoms with Crippen molar-refractivity contribution in [1.82, 2.24) is 9.78 Å². The number of halogens is 1. The number of anilines is 1. The van der Waals surface area contributed by atoms with Gasteiger partial charge in [-0.15, -0.1) is 0 Å². The lowest BCUT2D eigenvalue weighted by molar-refractivity contribution is 0.671. The molecule has 102 valence electrons. The van der Waals surface area contributed by atoms with Crippen LogP contribution in [-0.2, 0) is 12.8 Å². The number of nitrogens with zero attached hydrogens (tertiary/aromatic N) is 2. The molecule has 0 unspecified atom stereocenters. The number of hydrogen-bond acceptors (Lipinski definition) is 3. The highest BCUT2D eigenvalue weighted by molar-refractivity contribution is 7.98. The maximum atomic E-state index is 6.17. The first-order valence-electron chi connectivity index (χ1n) is 6.18. The Hall–Kier alpha value is -1.13. The van der Waals surface area contributed by atoms with Crippen LogP contribution in [0.1, 0.15) is 31.0 Å². The van der Waals surface area contributed by atoms with Crippen LogP contribution >= 0.6 is 23.4 Å². The monoisotopic (exact) mass is 295 g/mol. The molecule has 2 aromatic rings. The normalized spacial score (nSPS) is 11.2. The van der Waals surface area contributed by atoms with E-state index in [1.54, 1.807) is 11.8 Å². The van der Waals surface area contributed by atoms with Crippen LogP contribution in [0.4, 0.5) is 5.69 Å². The minimum atomic E-state index is 0.344. The molecular formula is C14H18ClN3S. The van der Waals surface area contributed by atoms with E-state index in [1.807, 2.05) is 36.0 Å². The molecule has 0 aliphatic heterocycles. The molecule has 0 saturated carbocycles. The van der Waals surface area contributed by atoms with Crippen LogP contribution in [-0.4, -0.2) is 9.78 Å². The largest absolute Gasteiger partial charge is 0.395 e. The van der Waals surface area contributed by atoms with Gasteiger partial charge in [-0.2, -0.15) is 5.10 Å². The molecule has 0 aliphatic carbocycles. The van der Waals surface area contributed by atoms with Gasteiger partial charge in [0.15, 0.2) is 0 Å². The Kier molecular flexibility index (Phi) is 4.42. The van der Waals surface area contributed by atoms with Crippen LogP contribution in [0.3, 0.4) is 0 Å². The Morgan fingerprint density at radius 1 is 1.32 bits per heavy atom. The van der Waals surface area contributed by atoms with Crippen LogP contribution in [0.15, 0.2) is 29.3 Å². The molecule has 0 amide bonds. The minimum absolute atomic E-state index is 0.344. The van der Waals surface area contributed by atoms with Crippen LogP contribution in [0.25, 0.3) is 0 Å². The van der Waals surface area contributed by atoms with Crippen LogP contribution in [0.5, 0.6) is 0 Å². The highest BCUT2D eigenvalue weighted by atomic mass is 35.5. The Bertz CT molecular complexity index is 561. The molecule has 1 aromatic carbocycles. The minimum Gasteiger partial charge on any atom is -0.395 e. The zero-order valence-corrected chi connectivity index (χ0v) is 12.9. The van der Waals surface area contributed by atoms with Gasteiger partial charge in [0.25, 0.3) is 0 Å². The average Bonchev–Trinajstić information content (AvgIpc) is 2.65. The second kappa shape index (κ2) is 5.88. The molecule has 2 rings (SSSR count). The lowest BCUT2D eigenvalue weighted by Crippen LogP contribution is -1.94. The summed E-state index contributed by atoms with van der Waals surface area (Å²) in [6, 6.07) is 7.88. The molecule has 1 heterocycles. The van der Waals surface area contributed by atoms with Gasteiger partial charge < -0.3 is 5.73 Å². The maximum Gasteiger partial charge on any atom is 0.117 e. The lowest BCUT2D eigenvalue weighted by Gasteiger charge is -2.04. The first kappa shape index (κ1) is 14.3. The Balaban J connectivity index is 2.13. The molecule has 0 saturated heterocycles. The number of benzene rings is 1. The number of nitrogens with two attached hydrogens (primary N) is 1. The first-order chi connectivity index (χ1) is 8.99. The van der Waals surface area contributed by atoms with Gasteiger partial charge in [-0.05, 0) is 23.6 Å². The number of aromatic nitrogens is 2. The maximum absolute atomic E-state index is 6.17. The molecule has 0 atom stereocenters. The smallest absolute Gasteiger partial charge is 0.117 e. The van der Waals surface area contributed by atoms with E-state index in [9.17, 15) is 0 Å². The van der Waals surface area contributed by atoms with Gasteiger partial charge >= 0.3 is 0 Å². The van der Waals surface area contributed by atoms with E-state index in [2.05, 4.69) is 18.9 Å². The highest BCUT2D eigenvalue weighted by Crippen LogP contribution is 2.33. The third kappa shape index (κ3) is 3.25.